The number of hydrogen-bond acceptors (Lipinski definition) is 2. The molecule has 0 fully saturated rings. The van der Waals surface area contributed by atoms with Crippen LogP contribution < -0.4 is 5.32 Å². The van der Waals surface area contributed by atoms with Gasteiger partial charge in [0.15, 0.2) is 5.81 Å². The van der Waals surface area contributed by atoms with E-state index in [1.54, 1.807) is 0 Å². The molecule has 0 bridgehead atoms. The molecule has 2 amide bonds. The lowest BCUT2D eigenvalue weighted by atomic mass is 10.1. The van der Waals surface area contributed by atoms with Gasteiger partial charge in [0.05, 0.1) is 0 Å². The average Bonchev–Trinajstić information content (AvgIpc) is 1.27. The normalized spacial score (nSPS) is 7.57. The first-order valence-electron chi connectivity index (χ1n) is 1.91. The van der Waals surface area contributed by atoms with Crippen LogP contribution in [0.1, 0.15) is 6.92 Å². The summed E-state index contributed by atoms with van der Waals surface area (Å²) in [5, 5.41) is 2.03. The lowest BCUT2D eigenvalue weighted by Crippen LogP contribution is -2.26. The maximum absolute atomic E-state index is 9.92. The minimum atomic E-state index is -0.312. The molecule has 0 atom stereocenters. The Morgan fingerprint density at radius 3 is 2.00 bits per heavy atom. The molecule has 0 aliphatic heterocycles. The van der Waals surface area contributed by atoms with Crippen molar-refractivity contribution in [2.24, 2.45) is 0 Å². The number of hydrogen-bond donors (Lipinski definition) is 1. The lowest BCUT2D eigenvalue weighted by Gasteiger charge is -1.88. The molecule has 0 aliphatic rings. The van der Waals surface area contributed by atoms with Gasteiger partial charge in [-0.3, -0.25) is 9.59 Å². The van der Waals surface area contributed by atoms with Crippen LogP contribution in [0.25, 0.3) is 0 Å². The minimum absolute atomic E-state index is 0.312. The Morgan fingerprint density at radius 1 is 1.57 bits per heavy atom. The number of carbonyl (C=O) groups is 2. The molecule has 0 unspecified atom stereocenters. The summed E-state index contributed by atoms with van der Waals surface area (Å²) in [6, 6.07) is 0. The summed E-state index contributed by atoms with van der Waals surface area (Å²) < 4.78 is 0. The van der Waals surface area contributed by atoms with Gasteiger partial charge in [0.1, 0.15) is 0 Å². The van der Waals surface area contributed by atoms with Gasteiger partial charge >= 0.3 is 0 Å². The van der Waals surface area contributed by atoms with Gasteiger partial charge in [-0.1, -0.05) is 0 Å². The van der Waals surface area contributed by atoms with Crippen molar-refractivity contribution in [2.75, 3.05) is 0 Å². The minimum Gasteiger partial charge on any atom is -0.306 e. The molecule has 0 heterocycles. The standard InChI is InChI=1S/C3H6BNO2/c1-2(6)5-3(4)7/h4H2,1H3,(H,5,6,7). The van der Waals surface area contributed by atoms with Crippen LogP contribution in [-0.2, 0) is 4.79 Å². The van der Waals surface area contributed by atoms with Crippen molar-refractivity contribution in [3.63, 3.8) is 0 Å². The third kappa shape index (κ3) is 5.20. The van der Waals surface area contributed by atoms with Gasteiger partial charge < -0.3 is 5.32 Å². The molecule has 1 N–H and O–H groups in total. The predicted octanol–water partition coefficient (Wildman–Crippen LogP) is -1.12. The molecule has 0 aromatic rings. The molecule has 0 aliphatic carbocycles. The maximum atomic E-state index is 9.92. The SMILES string of the molecule is BC(=O)NC(C)=O. The van der Waals surface area contributed by atoms with Crippen LogP contribution in [-0.4, -0.2) is 19.6 Å². The van der Waals surface area contributed by atoms with Crippen molar-refractivity contribution < 1.29 is 9.59 Å². The highest BCUT2D eigenvalue weighted by Gasteiger charge is 1.90. The van der Waals surface area contributed by atoms with Crippen LogP contribution in [0.5, 0.6) is 0 Å². The molecule has 7 heavy (non-hydrogen) atoms. The van der Waals surface area contributed by atoms with Crippen molar-refractivity contribution in [2.45, 2.75) is 6.92 Å². The molecule has 0 spiro atoms. The van der Waals surface area contributed by atoms with E-state index in [-0.39, 0.29) is 11.7 Å². The molecule has 0 saturated carbocycles. The van der Waals surface area contributed by atoms with E-state index < -0.39 is 0 Å². The summed E-state index contributed by atoms with van der Waals surface area (Å²) in [6.07, 6.45) is 0. The van der Waals surface area contributed by atoms with Crippen LogP contribution in [0.15, 0.2) is 0 Å². The fourth-order valence-electron chi connectivity index (χ4n) is 0.248. The van der Waals surface area contributed by atoms with E-state index in [1.807, 2.05) is 5.32 Å². The molecule has 3 nitrogen and oxygen atoms in total. The van der Waals surface area contributed by atoms with E-state index in [0.29, 0.717) is 0 Å². The van der Waals surface area contributed by atoms with Crippen LogP contribution in [0.3, 0.4) is 0 Å². The largest absolute Gasteiger partial charge is 0.306 e. The number of rotatable bonds is 0. The topological polar surface area (TPSA) is 46.2 Å². The molecule has 38 valence electrons. The number of nitrogens with one attached hydrogen (secondary N) is 1. The predicted molar refractivity (Wildman–Crippen MR) is 27.8 cm³/mol. The van der Waals surface area contributed by atoms with Crippen LogP contribution >= 0.6 is 0 Å². The van der Waals surface area contributed by atoms with Crippen molar-refractivity contribution in [1.82, 2.24) is 5.32 Å². The zero-order valence-electron chi connectivity index (χ0n) is 4.32. The van der Waals surface area contributed by atoms with Gasteiger partial charge in [0, 0.05) is 6.92 Å². The summed E-state index contributed by atoms with van der Waals surface area (Å²) in [4.78, 5) is 19.8. The zero-order chi connectivity index (χ0) is 5.86. The third-order valence-electron chi connectivity index (χ3n) is 0.352. The van der Waals surface area contributed by atoms with E-state index in [4.69, 9.17) is 0 Å². The van der Waals surface area contributed by atoms with Gasteiger partial charge in [-0.25, -0.2) is 0 Å². The van der Waals surface area contributed by atoms with Crippen molar-refractivity contribution in [1.29, 1.82) is 0 Å². The van der Waals surface area contributed by atoms with E-state index >= 15 is 0 Å². The average molecular weight is 98.9 g/mol. The first-order valence-corrected chi connectivity index (χ1v) is 1.91. The molecular formula is C3H6BNO2. The van der Waals surface area contributed by atoms with Gasteiger partial charge in [-0.05, 0) is 0 Å². The Labute approximate surface area is 42.5 Å². The quantitative estimate of drug-likeness (QED) is 0.391. The molecule has 4 heteroatoms. The van der Waals surface area contributed by atoms with Crippen LogP contribution in [0.4, 0.5) is 4.79 Å². The van der Waals surface area contributed by atoms with E-state index in [0.717, 1.165) is 0 Å². The number of imide groups is 1. The van der Waals surface area contributed by atoms with Gasteiger partial charge in [0.2, 0.25) is 13.8 Å². The maximum Gasteiger partial charge on any atom is 0.222 e. The van der Waals surface area contributed by atoms with Crippen molar-refractivity contribution in [3.05, 3.63) is 0 Å². The van der Waals surface area contributed by atoms with Gasteiger partial charge in [-0.2, -0.15) is 0 Å². The Kier molecular flexibility index (Phi) is 2.12. The highest BCUT2D eigenvalue weighted by atomic mass is 16.2. The molecule has 0 aromatic carbocycles. The first kappa shape index (κ1) is 6.20. The Balaban J connectivity index is 3.32. The van der Waals surface area contributed by atoms with Crippen molar-refractivity contribution >= 4 is 19.6 Å². The van der Waals surface area contributed by atoms with E-state index in [2.05, 4.69) is 0 Å². The molecule has 0 rings (SSSR count). The summed E-state index contributed by atoms with van der Waals surface area (Å²) in [6.45, 7) is 1.29. The van der Waals surface area contributed by atoms with E-state index in [1.165, 1.54) is 14.8 Å². The fourth-order valence-corrected chi connectivity index (χ4v) is 0.248. The Morgan fingerprint density at radius 2 is 2.00 bits per heavy atom. The monoisotopic (exact) mass is 99.0 g/mol. The second kappa shape index (κ2) is 2.39. The van der Waals surface area contributed by atoms with Crippen molar-refractivity contribution in [3.8, 4) is 0 Å². The Hall–Kier alpha value is -0.795. The third-order valence-corrected chi connectivity index (χ3v) is 0.352. The first-order chi connectivity index (χ1) is 3.13. The summed E-state index contributed by atoms with van der Waals surface area (Å²) in [7, 11) is 1.29. The summed E-state index contributed by atoms with van der Waals surface area (Å²) >= 11 is 0. The van der Waals surface area contributed by atoms with Crippen LogP contribution in [0.2, 0.25) is 0 Å². The van der Waals surface area contributed by atoms with Crippen LogP contribution in [0, 0.1) is 0 Å². The number of carbonyl (C=O) groups excluding carboxylic acids is 2. The van der Waals surface area contributed by atoms with E-state index in [9.17, 15) is 9.59 Å². The fraction of sp³-hybridized carbons (Fsp3) is 0.333. The molecule has 0 aromatic heterocycles. The summed E-state index contributed by atoms with van der Waals surface area (Å²) in [5.74, 6) is -0.625. The smallest absolute Gasteiger partial charge is 0.222 e. The molecule has 0 radical (unpaired) electrons. The second-order valence-electron chi connectivity index (χ2n) is 1.24. The second-order valence-corrected chi connectivity index (χ2v) is 1.24. The van der Waals surface area contributed by atoms with Gasteiger partial charge in [0.25, 0.3) is 0 Å². The lowest BCUT2D eigenvalue weighted by molar-refractivity contribution is -0.117. The Bertz CT molecular complexity index is 89.1. The molecular weight excluding hydrogens is 92.8 g/mol. The number of amides is 2. The highest BCUT2D eigenvalue weighted by Crippen LogP contribution is 1.58. The zero-order valence-corrected chi connectivity index (χ0v) is 4.32. The highest BCUT2D eigenvalue weighted by molar-refractivity contribution is 6.58. The molecule has 0 saturated heterocycles. The van der Waals surface area contributed by atoms with Gasteiger partial charge in [-0.15, -0.1) is 0 Å². The summed E-state index contributed by atoms with van der Waals surface area (Å²) in [5.41, 5.74) is 0.